The average molecular weight is 310 g/mol. The van der Waals surface area contributed by atoms with Crippen molar-refractivity contribution >= 4 is 11.2 Å². The first-order chi connectivity index (χ1) is 11.2. The third-order valence-corrected chi connectivity index (χ3v) is 4.68. The summed E-state index contributed by atoms with van der Waals surface area (Å²) in [5.74, 6) is 0.424. The number of aromatic nitrogens is 4. The lowest BCUT2D eigenvalue weighted by atomic mass is 9.95. The van der Waals surface area contributed by atoms with Gasteiger partial charge in [-0.05, 0) is 38.0 Å². The average Bonchev–Trinajstić information content (AvgIpc) is 2.97. The van der Waals surface area contributed by atoms with Crippen LogP contribution in [0, 0.1) is 12.9 Å². The second-order valence-corrected chi connectivity index (χ2v) is 6.28. The number of halogens is 1. The van der Waals surface area contributed by atoms with Crippen LogP contribution in [0.2, 0.25) is 0 Å². The van der Waals surface area contributed by atoms with E-state index in [9.17, 15) is 4.39 Å². The highest BCUT2D eigenvalue weighted by atomic mass is 19.1. The van der Waals surface area contributed by atoms with Crippen molar-refractivity contribution in [2.45, 2.75) is 45.1 Å². The number of imidazole rings is 1. The van der Waals surface area contributed by atoms with Crippen LogP contribution in [0.15, 0.2) is 30.6 Å². The number of nitrogens with zero attached hydrogens (tertiary/aromatic N) is 4. The number of fused-ring (bicyclic) bond motifs is 1. The Bertz CT molecular complexity index is 849. The van der Waals surface area contributed by atoms with Crippen molar-refractivity contribution in [2.24, 2.45) is 0 Å². The van der Waals surface area contributed by atoms with E-state index in [1.807, 2.05) is 12.1 Å². The Morgan fingerprint density at radius 3 is 2.78 bits per heavy atom. The van der Waals surface area contributed by atoms with Gasteiger partial charge in [-0.2, -0.15) is 4.39 Å². The monoisotopic (exact) mass is 310 g/mol. The van der Waals surface area contributed by atoms with Gasteiger partial charge in [0.25, 0.3) is 0 Å². The molecule has 0 aromatic carbocycles. The topological polar surface area (TPSA) is 43.6 Å². The maximum atomic E-state index is 13.5. The molecule has 1 aliphatic rings. The van der Waals surface area contributed by atoms with Crippen molar-refractivity contribution in [3.63, 3.8) is 0 Å². The maximum Gasteiger partial charge on any atom is 0.215 e. The summed E-state index contributed by atoms with van der Waals surface area (Å²) in [5, 5.41) is 0. The highest BCUT2D eigenvalue weighted by molar-refractivity contribution is 5.77. The molecule has 4 nitrogen and oxygen atoms in total. The molecule has 0 amide bonds. The molecule has 118 valence electrons. The summed E-state index contributed by atoms with van der Waals surface area (Å²) >= 11 is 0. The highest BCUT2D eigenvalue weighted by Crippen LogP contribution is 2.35. The van der Waals surface area contributed by atoms with E-state index < -0.39 is 5.95 Å². The lowest BCUT2D eigenvalue weighted by molar-refractivity contribution is 0.362. The Morgan fingerprint density at radius 2 is 2.00 bits per heavy atom. The summed E-state index contributed by atoms with van der Waals surface area (Å²) in [5.41, 5.74) is 3.19. The molecule has 0 unspecified atom stereocenters. The van der Waals surface area contributed by atoms with Gasteiger partial charge in [0, 0.05) is 29.6 Å². The molecule has 0 aliphatic heterocycles. The molecule has 0 N–H and O–H groups in total. The summed E-state index contributed by atoms with van der Waals surface area (Å²) in [6, 6.07) is 6.26. The van der Waals surface area contributed by atoms with Crippen LogP contribution in [0.4, 0.5) is 4.39 Å². The second kappa shape index (κ2) is 5.72. The lowest BCUT2D eigenvalue weighted by Crippen LogP contribution is -2.14. The predicted molar refractivity (Wildman–Crippen MR) is 87.6 cm³/mol. The van der Waals surface area contributed by atoms with Crippen molar-refractivity contribution in [1.82, 2.24) is 19.5 Å². The van der Waals surface area contributed by atoms with Crippen LogP contribution >= 0.6 is 0 Å². The summed E-state index contributed by atoms with van der Waals surface area (Å²) in [4.78, 5) is 13.0. The zero-order valence-corrected chi connectivity index (χ0v) is 13.2. The molecule has 1 aliphatic carbocycles. The molecule has 3 aromatic heterocycles. The van der Waals surface area contributed by atoms with Crippen LogP contribution in [0.25, 0.3) is 22.6 Å². The minimum atomic E-state index is -0.424. The van der Waals surface area contributed by atoms with Crippen molar-refractivity contribution in [2.75, 3.05) is 0 Å². The van der Waals surface area contributed by atoms with Crippen LogP contribution < -0.4 is 0 Å². The molecule has 1 fully saturated rings. The third kappa shape index (κ3) is 2.50. The minimum Gasteiger partial charge on any atom is -0.319 e. The first-order valence-electron chi connectivity index (χ1n) is 8.19. The van der Waals surface area contributed by atoms with E-state index >= 15 is 0 Å². The number of hydrogen-bond donors (Lipinski definition) is 0. The van der Waals surface area contributed by atoms with Crippen molar-refractivity contribution in [1.29, 1.82) is 0 Å². The zero-order valence-electron chi connectivity index (χ0n) is 13.2. The molecular weight excluding hydrogens is 291 g/mol. The van der Waals surface area contributed by atoms with Gasteiger partial charge in [0.2, 0.25) is 5.95 Å². The fourth-order valence-electron chi connectivity index (χ4n) is 3.52. The van der Waals surface area contributed by atoms with Gasteiger partial charge in [-0.3, -0.25) is 0 Å². The lowest BCUT2D eigenvalue weighted by Gasteiger charge is -2.25. The van der Waals surface area contributed by atoms with Crippen LogP contribution in [0.1, 0.15) is 43.7 Å². The van der Waals surface area contributed by atoms with Crippen LogP contribution in [0.5, 0.6) is 0 Å². The van der Waals surface area contributed by atoms with E-state index in [0.717, 1.165) is 35.4 Å². The van der Waals surface area contributed by atoms with Crippen molar-refractivity contribution in [3.8, 4) is 11.4 Å². The fourth-order valence-corrected chi connectivity index (χ4v) is 3.52. The quantitative estimate of drug-likeness (QED) is 0.657. The Hall–Kier alpha value is -2.30. The summed E-state index contributed by atoms with van der Waals surface area (Å²) in [7, 11) is 0. The van der Waals surface area contributed by atoms with Crippen molar-refractivity contribution < 1.29 is 4.39 Å². The predicted octanol–water partition coefficient (Wildman–Crippen LogP) is 4.45. The van der Waals surface area contributed by atoms with Gasteiger partial charge in [0.05, 0.1) is 5.52 Å². The van der Waals surface area contributed by atoms with E-state index in [2.05, 4.69) is 20.6 Å². The summed E-state index contributed by atoms with van der Waals surface area (Å²) < 4.78 is 15.8. The van der Waals surface area contributed by atoms with E-state index in [1.165, 1.54) is 19.3 Å². The molecule has 4 rings (SSSR count). The van der Waals surface area contributed by atoms with E-state index in [0.29, 0.717) is 11.6 Å². The number of hydrogen-bond acceptors (Lipinski definition) is 3. The Morgan fingerprint density at radius 1 is 1.17 bits per heavy atom. The van der Waals surface area contributed by atoms with E-state index in [4.69, 9.17) is 4.98 Å². The maximum absolute atomic E-state index is 13.5. The van der Waals surface area contributed by atoms with Gasteiger partial charge in [-0.1, -0.05) is 19.3 Å². The molecule has 0 bridgehead atoms. The van der Waals surface area contributed by atoms with Crippen LogP contribution in [-0.2, 0) is 0 Å². The smallest absolute Gasteiger partial charge is 0.215 e. The first kappa shape index (κ1) is 14.3. The van der Waals surface area contributed by atoms with Crippen molar-refractivity contribution in [3.05, 3.63) is 42.1 Å². The number of pyridine rings is 2. The normalized spacial score (nSPS) is 16.1. The molecule has 3 heterocycles. The molecule has 0 atom stereocenters. The Labute approximate surface area is 134 Å². The molecular formula is C18H19FN4. The van der Waals surface area contributed by atoms with Crippen LogP contribution in [-0.4, -0.2) is 19.5 Å². The molecule has 3 aromatic rings. The molecule has 0 saturated heterocycles. The summed E-state index contributed by atoms with van der Waals surface area (Å²) in [6.07, 6.45) is 9.42. The van der Waals surface area contributed by atoms with Gasteiger partial charge in [0.1, 0.15) is 5.82 Å². The standard InChI is InChI=1S/C18H19FN4/c1-12-10-13(11-21-16(12)19)18-22-17-15(8-5-9-20-17)23(18)14-6-3-2-4-7-14/h5,8-11,14H,2-4,6-7H2,1H3. The minimum absolute atomic E-state index is 0.424. The highest BCUT2D eigenvalue weighted by Gasteiger charge is 2.23. The SMILES string of the molecule is Cc1cc(-c2nc3ncccc3n2C2CCCCC2)cnc1F. The first-order valence-corrected chi connectivity index (χ1v) is 8.19. The largest absolute Gasteiger partial charge is 0.319 e. The fraction of sp³-hybridized carbons (Fsp3) is 0.389. The van der Waals surface area contributed by atoms with E-state index in [-0.39, 0.29) is 0 Å². The number of aryl methyl sites for hydroxylation is 1. The number of rotatable bonds is 2. The molecule has 0 radical (unpaired) electrons. The van der Waals surface area contributed by atoms with E-state index in [1.54, 1.807) is 19.3 Å². The zero-order chi connectivity index (χ0) is 15.8. The second-order valence-electron chi connectivity index (χ2n) is 6.28. The molecule has 5 heteroatoms. The molecule has 23 heavy (non-hydrogen) atoms. The van der Waals surface area contributed by atoms with Gasteiger partial charge in [-0.15, -0.1) is 0 Å². The Kier molecular flexibility index (Phi) is 3.56. The van der Waals surface area contributed by atoms with Gasteiger partial charge in [-0.25, -0.2) is 15.0 Å². The molecule has 1 saturated carbocycles. The van der Waals surface area contributed by atoms with Crippen LogP contribution in [0.3, 0.4) is 0 Å². The third-order valence-electron chi connectivity index (χ3n) is 4.68. The van der Waals surface area contributed by atoms with Gasteiger partial charge in [0.15, 0.2) is 5.65 Å². The molecule has 0 spiro atoms. The summed E-state index contributed by atoms with van der Waals surface area (Å²) in [6.45, 7) is 1.73. The van der Waals surface area contributed by atoms with Gasteiger partial charge >= 0.3 is 0 Å². The van der Waals surface area contributed by atoms with Gasteiger partial charge < -0.3 is 4.57 Å². The Balaban J connectivity index is 1.92.